The van der Waals surface area contributed by atoms with Crippen LogP contribution in [0.4, 0.5) is 13.2 Å². The molecule has 24 atom stereocenters. The van der Waals surface area contributed by atoms with E-state index in [1.807, 2.05) is 27.0 Å². The number of nitrogens with one attached hydrogen (secondary N) is 1. The second kappa shape index (κ2) is 29.7. The predicted octanol–water partition coefficient (Wildman–Crippen LogP) is 21.3. The molecule has 12 aliphatic rings. The Morgan fingerprint density at radius 3 is 1.30 bits per heavy atom. The predicted molar refractivity (Wildman–Crippen MR) is 422 cm³/mol. The maximum Gasteiger partial charge on any atom is 0.157 e. The van der Waals surface area contributed by atoms with Gasteiger partial charge in [-0.2, -0.15) is 15.3 Å². The van der Waals surface area contributed by atoms with Crippen molar-refractivity contribution < 1.29 is 42.9 Å². The zero-order chi connectivity index (χ0) is 72.8. The van der Waals surface area contributed by atoms with E-state index < -0.39 is 16.8 Å². The molecule has 12 saturated carbocycles. The van der Waals surface area contributed by atoms with E-state index in [-0.39, 0.29) is 86.8 Å². The van der Waals surface area contributed by atoms with Crippen molar-refractivity contribution in [3.05, 3.63) is 90.6 Å². The lowest BCUT2D eigenvalue weighted by Gasteiger charge is -2.61. The molecule has 18 rings (SSSR count). The van der Waals surface area contributed by atoms with Crippen LogP contribution in [0.1, 0.15) is 258 Å². The number of alkyl halides is 1. The quantitative estimate of drug-likeness (QED) is 0.108. The lowest BCUT2D eigenvalue weighted by atomic mass is 9.44. The fourth-order valence-electron chi connectivity index (χ4n) is 27.7. The van der Waals surface area contributed by atoms with Crippen molar-refractivity contribution in [2.24, 2.45) is 121 Å². The summed E-state index contributed by atoms with van der Waals surface area (Å²) in [5, 5.41) is 50.3. The van der Waals surface area contributed by atoms with Crippen molar-refractivity contribution in [2.75, 3.05) is 5.33 Å². The minimum Gasteiger partial charge on any atom is -0.390 e. The number of rotatable bonds is 8. The zero-order valence-corrected chi connectivity index (χ0v) is 64.7. The molecular weight excluding hydrogens is 1400 g/mol. The average molecular weight is 1530 g/mol. The number of H-pyrrole nitrogens is 1. The number of aromatic amines is 1. The number of ketones is 3. The summed E-state index contributed by atoms with van der Waals surface area (Å²) >= 11 is 3.43. The second-order valence-corrected chi connectivity index (χ2v) is 39.3. The number of hydrogen-bond acceptors (Lipinski definition) is 9. The van der Waals surface area contributed by atoms with Gasteiger partial charge in [0.25, 0.3) is 0 Å². The summed E-state index contributed by atoms with van der Waals surface area (Å²) in [4.78, 5) is 39.7. The Morgan fingerprint density at radius 1 is 0.453 bits per heavy atom. The van der Waals surface area contributed by atoms with Gasteiger partial charge in [-0.15, -0.1) is 0 Å². The average Bonchev–Trinajstić information content (AvgIpc) is 1.32. The van der Waals surface area contributed by atoms with Crippen LogP contribution < -0.4 is 0 Å². The van der Waals surface area contributed by atoms with E-state index in [1.54, 1.807) is 40.0 Å². The third-order valence-corrected chi connectivity index (χ3v) is 33.9. The molecule has 12 aliphatic carbocycles. The number of Topliss-reactive ketones (excluding diaryl/α,β-unsaturated/α-hetero) is 3. The minimum atomic E-state index is -0.493. The van der Waals surface area contributed by atoms with E-state index in [2.05, 4.69) is 77.9 Å². The Balaban J connectivity index is 0.000000139. The van der Waals surface area contributed by atoms with Gasteiger partial charge in [-0.1, -0.05) is 79.8 Å². The Kier molecular flexibility index (Phi) is 22.6. The van der Waals surface area contributed by atoms with Gasteiger partial charge >= 0.3 is 0 Å². The van der Waals surface area contributed by atoms with E-state index in [0.29, 0.717) is 74.4 Å². The summed E-state index contributed by atoms with van der Waals surface area (Å²) < 4.78 is 43.1. The first-order valence-electron chi connectivity index (χ1n) is 40.4. The first-order valence-corrected chi connectivity index (χ1v) is 41.5. The molecule has 16 heteroatoms. The maximum absolute atomic E-state index is 13.6. The van der Waals surface area contributed by atoms with Crippen molar-refractivity contribution in [3.8, 4) is 0 Å². The maximum atomic E-state index is 13.6. The van der Waals surface area contributed by atoms with Gasteiger partial charge in [0.05, 0.1) is 57.6 Å². The van der Waals surface area contributed by atoms with Gasteiger partial charge in [0.1, 0.15) is 29.8 Å². The molecule has 12 nitrogen and oxygen atoms in total. The highest BCUT2D eigenvalue weighted by Crippen LogP contribution is 2.72. The molecule has 0 spiro atoms. The van der Waals surface area contributed by atoms with Gasteiger partial charge in [0, 0.05) is 40.1 Å². The van der Waals surface area contributed by atoms with Gasteiger partial charge in [0.2, 0.25) is 0 Å². The van der Waals surface area contributed by atoms with Crippen LogP contribution in [-0.2, 0) is 27.5 Å². The van der Waals surface area contributed by atoms with Crippen molar-refractivity contribution in [3.63, 3.8) is 0 Å². The standard InChI is InChI=1S/2C29H39FN2O2.C22H35BrO2.C7H5FN2.3CH4/c1-27(34)12-13-28(2)19(15-27)4-6-21-22-7-8-24(29(22,3)11-10-23(21)28)26(33)17-32-16-18-14-20(30)5-9-25(18)31-32;1-27(34)12-13-28(2)19(15-27)4-6-21-22-7-8-24(29(22,3)11-10-23(21)28)26(33)17-32-25-9-5-20(30)14-18(25)16-31-32;1-20(25)10-11-21(2)14(12-20)4-5-15-16-6-7-18(19(24)13-23)22(16,3)9-8-17(15)21;8-6-1-2-7-5(3-6)4-9-10-7;;;/h2*5,9,14,16,19,21-24,34H,4,6-8,10-13,15,17H2,1-3H3;14-18,25H,4-13H2,1-3H3;1-4H,(H,9,10);3*1H4/t2*19-,21+,22+,23+,24-,27-,28+,29+;14-,15+,16+,17+,18-,20-,21+,22+;;;;/m111..../s1. The summed E-state index contributed by atoms with van der Waals surface area (Å²) in [5.41, 5.74) is 2.52. The number of aromatic nitrogens is 6. The first kappa shape index (κ1) is 80.7. The Bertz CT molecular complexity index is 4160. The number of nitrogens with zero attached hydrogens (tertiary/aromatic N) is 5. The van der Waals surface area contributed by atoms with Crippen molar-refractivity contribution in [2.45, 2.75) is 288 Å². The smallest absolute Gasteiger partial charge is 0.157 e. The number of aliphatic hydroxyl groups is 3. The fraction of sp³-hybridized carbons (Fsp3) is 0.733. The second-order valence-electron chi connectivity index (χ2n) is 38.8. The number of carbonyl (C=O) groups excluding carboxylic acids is 3. The largest absolute Gasteiger partial charge is 0.390 e. The highest BCUT2D eigenvalue weighted by molar-refractivity contribution is 9.09. The molecule has 106 heavy (non-hydrogen) atoms. The molecule has 12 fully saturated rings. The van der Waals surface area contributed by atoms with E-state index in [4.69, 9.17) is 0 Å². The van der Waals surface area contributed by atoms with Crippen LogP contribution in [0.3, 0.4) is 0 Å². The summed E-state index contributed by atoms with van der Waals surface area (Å²) in [7, 11) is 0. The lowest BCUT2D eigenvalue weighted by Crippen LogP contribution is -2.55. The molecule has 0 radical (unpaired) electrons. The Hall–Kier alpha value is -4.77. The van der Waals surface area contributed by atoms with Gasteiger partial charge in [-0.05, 0) is 352 Å². The summed E-state index contributed by atoms with van der Waals surface area (Å²) in [6, 6.07) is 13.8. The van der Waals surface area contributed by atoms with E-state index in [9.17, 15) is 42.9 Å². The van der Waals surface area contributed by atoms with Gasteiger partial charge < -0.3 is 15.3 Å². The van der Waals surface area contributed by atoms with Crippen LogP contribution in [0, 0.1) is 139 Å². The van der Waals surface area contributed by atoms with Crippen LogP contribution in [-0.4, -0.2) is 84.6 Å². The van der Waals surface area contributed by atoms with Crippen LogP contribution in [0.2, 0.25) is 0 Å². The van der Waals surface area contributed by atoms with Crippen LogP contribution in [0.15, 0.2) is 73.2 Å². The van der Waals surface area contributed by atoms with E-state index in [1.165, 1.54) is 120 Å². The van der Waals surface area contributed by atoms with Crippen molar-refractivity contribution >= 4 is 66.0 Å². The minimum absolute atomic E-state index is 0. The molecule has 0 saturated heterocycles. The highest BCUT2D eigenvalue weighted by atomic mass is 79.9. The summed E-state index contributed by atoms with van der Waals surface area (Å²) in [6.45, 7) is 21.5. The molecule has 0 amide bonds. The third-order valence-electron chi connectivity index (χ3n) is 33.3. The molecular formula is C90H130BrF3N6O6. The van der Waals surface area contributed by atoms with Gasteiger partial charge in [0.15, 0.2) is 11.6 Å². The molecule has 6 aromatic rings. The molecule has 0 aliphatic heterocycles. The Labute approximate surface area is 640 Å². The van der Waals surface area contributed by atoms with Crippen molar-refractivity contribution in [1.29, 1.82) is 0 Å². The number of halogens is 4. The summed E-state index contributed by atoms with van der Waals surface area (Å²) in [6.07, 6.45) is 35.8. The van der Waals surface area contributed by atoms with Crippen molar-refractivity contribution in [1.82, 2.24) is 29.8 Å². The highest BCUT2D eigenvalue weighted by Gasteiger charge is 2.65. The van der Waals surface area contributed by atoms with Gasteiger partial charge in [-0.25, -0.2) is 13.2 Å². The molecule has 3 heterocycles. The lowest BCUT2D eigenvalue weighted by molar-refractivity contribution is -0.151. The number of hydrogen-bond donors (Lipinski definition) is 4. The number of fused-ring (bicyclic) bond motifs is 18. The number of benzene rings is 3. The van der Waals surface area contributed by atoms with Gasteiger partial charge in [-0.3, -0.25) is 28.8 Å². The molecule has 584 valence electrons. The monoisotopic (exact) mass is 1530 g/mol. The molecule has 3 aromatic carbocycles. The Morgan fingerprint density at radius 2 is 0.849 bits per heavy atom. The topological polar surface area (TPSA) is 176 Å². The van der Waals surface area contributed by atoms with Crippen LogP contribution in [0.5, 0.6) is 0 Å². The first-order chi connectivity index (χ1) is 48.8. The normalized spacial score (nSPS) is 42.1. The molecule has 0 bridgehead atoms. The van der Waals surface area contributed by atoms with E-state index >= 15 is 0 Å². The van der Waals surface area contributed by atoms with E-state index in [0.717, 1.165) is 158 Å². The third kappa shape index (κ3) is 14.2. The number of carbonyl (C=O) groups is 3. The zero-order valence-electron chi connectivity index (χ0n) is 63.1. The summed E-state index contributed by atoms with van der Waals surface area (Å²) in [5.74, 6) is 9.27. The van der Waals surface area contributed by atoms with Crippen LogP contribution >= 0.6 is 15.9 Å². The SMILES string of the molecule is C.C.C.C[C@@]1(O)CC[C@@]2(C)[C@H](CC[C@@H]3[C@@H]2CC[C@]2(C)[C@@H](C(=O)CBr)CC[C@@H]32)C1.C[C@@]1(O)CC[C@@]2(C)[C@H](CC[C@@H]3[C@@H]2CC[C@]2(C)[C@@H](C(=O)Cn4cc5cc(F)ccc5n4)CC[C@@H]32)C1.C[C@@]1(O)CC[C@@]2(C)[C@H](CC[C@@H]3[C@@H]2CC[C@]2(C)[C@@H](C(=O)Cn4ncc5cc(F)ccc54)CC[C@@H]32)C1.Fc1ccc2[nH]ncc2c1. The molecule has 4 N–H and O–H groups in total. The molecule has 0 unspecified atom stereocenters. The fourth-order valence-corrected chi connectivity index (χ4v) is 28.1. The van der Waals surface area contributed by atoms with Crippen LogP contribution in [0.25, 0.3) is 32.7 Å². The molecule has 3 aromatic heterocycles.